The number of rotatable bonds is 6. The number of carbonyl (C=O) groups excluding carboxylic acids is 1. The number of benzene rings is 3. The van der Waals surface area contributed by atoms with Crippen LogP contribution in [0.2, 0.25) is 0 Å². The zero-order chi connectivity index (χ0) is 21.4. The van der Waals surface area contributed by atoms with Crippen molar-refractivity contribution in [2.75, 3.05) is 0 Å². The first-order valence-electron chi connectivity index (χ1n) is 10.2. The van der Waals surface area contributed by atoms with Crippen LogP contribution in [0.15, 0.2) is 88.5 Å². The van der Waals surface area contributed by atoms with Gasteiger partial charge in [-0.05, 0) is 57.7 Å². The second-order valence-corrected chi connectivity index (χ2v) is 10.8. The van der Waals surface area contributed by atoms with Crippen LogP contribution < -0.4 is 4.72 Å². The maximum absolute atomic E-state index is 12.6. The highest BCUT2D eigenvalue weighted by molar-refractivity contribution is 7.92. The third-order valence-corrected chi connectivity index (χ3v) is 8.53. The van der Waals surface area contributed by atoms with Crippen LogP contribution >= 0.6 is 11.3 Å². The maximum Gasteiger partial charge on any atom is 0.273 e. The van der Waals surface area contributed by atoms with Crippen molar-refractivity contribution in [1.29, 1.82) is 0 Å². The minimum atomic E-state index is -3.79. The summed E-state index contributed by atoms with van der Waals surface area (Å²) in [5.41, 5.74) is 3.52. The Balaban J connectivity index is 1.33. The number of amides is 1. The average Bonchev–Trinajstić information content (AvgIpc) is 3.36. The van der Waals surface area contributed by atoms with Crippen molar-refractivity contribution in [3.8, 4) is 0 Å². The van der Waals surface area contributed by atoms with Gasteiger partial charge in [0, 0.05) is 5.92 Å². The van der Waals surface area contributed by atoms with Gasteiger partial charge < -0.3 is 0 Å². The Bertz CT molecular complexity index is 1360. The quantitative estimate of drug-likeness (QED) is 0.447. The molecule has 0 radical (unpaired) electrons. The Kier molecular flexibility index (Phi) is 5.12. The van der Waals surface area contributed by atoms with Crippen LogP contribution in [0.3, 0.4) is 0 Å². The van der Waals surface area contributed by atoms with Crippen LogP contribution in [0.5, 0.6) is 0 Å². The summed E-state index contributed by atoms with van der Waals surface area (Å²) in [6, 6.07) is 26.1. The summed E-state index contributed by atoms with van der Waals surface area (Å²) in [7, 11) is -3.79. The number of nitrogens with one attached hydrogen (secondary N) is 1. The number of hydrogen-bond acceptors (Lipinski definition) is 4. The van der Waals surface area contributed by atoms with E-state index < -0.39 is 15.9 Å². The molecule has 1 N–H and O–H groups in total. The SMILES string of the molecule is O=C(NS(=O)(=O)c1cccs1)C1CC1c1ccccc1Cc1ccc2ccccc2c1. The van der Waals surface area contributed by atoms with Crippen molar-refractivity contribution in [1.82, 2.24) is 4.72 Å². The molecular weight excluding hydrogens is 426 g/mol. The van der Waals surface area contributed by atoms with Crippen LogP contribution in [0.4, 0.5) is 0 Å². The number of thiophene rings is 1. The Labute approximate surface area is 185 Å². The predicted molar refractivity (Wildman–Crippen MR) is 124 cm³/mol. The summed E-state index contributed by atoms with van der Waals surface area (Å²) in [6.07, 6.45) is 1.44. The van der Waals surface area contributed by atoms with E-state index in [1.807, 2.05) is 24.3 Å². The largest absolute Gasteiger partial charge is 0.274 e. The third kappa shape index (κ3) is 4.13. The fourth-order valence-corrected chi connectivity index (χ4v) is 6.15. The molecule has 1 aliphatic carbocycles. The van der Waals surface area contributed by atoms with E-state index in [0.717, 1.165) is 23.3 Å². The van der Waals surface area contributed by atoms with E-state index in [4.69, 9.17) is 0 Å². The van der Waals surface area contributed by atoms with E-state index in [2.05, 4.69) is 47.2 Å². The van der Waals surface area contributed by atoms with Gasteiger partial charge in [0.1, 0.15) is 4.21 Å². The van der Waals surface area contributed by atoms with Crippen LogP contribution in [0.25, 0.3) is 10.8 Å². The summed E-state index contributed by atoms with van der Waals surface area (Å²) in [5.74, 6) is -0.679. The van der Waals surface area contributed by atoms with Crippen molar-refractivity contribution < 1.29 is 13.2 Å². The molecule has 0 bridgehead atoms. The number of fused-ring (bicyclic) bond motifs is 1. The Morgan fingerprint density at radius 2 is 1.71 bits per heavy atom. The molecule has 1 amide bonds. The zero-order valence-electron chi connectivity index (χ0n) is 16.7. The molecule has 31 heavy (non-hydrogen) atoms. The number of carbonyl (C=O) groups is 1. The average molecular weight is 448 g/mol. The van der Waals surface area contributed by atoms with Crippen molar-refractivity contribution in [2.24, 2.45) is 5.92 Å². The summed E-state index contributed by atoms with van der Waals surface area (Å²) in [5, 5.41) is 4.10. The standard InChI is InChI=1S/C25H21NO3S2/c27-25(26-31(28,29)24-10-5-13-30-24)23-16-22(23)21-9-4-3-8-20(21)15-17-11-12-18-6-1-2-7-19(18)14-17/h1-14,22-23H,15-16H2,(H,26,27). The van der Waals surface area contributed by atoms with E-state index in [0.29, 0.717) is 6.42 Å². The molecule has 1 aromatic heterocycles. The van der Waals surface area contributed by atoms with Crippen molar-refractivity contribution in [3.63, 3.8) is 0 Å². The van der Waals surface area contributed by atoms with Gasteiger partial charge in [0.25, 0.3) is 10.0 Å². The second-order valence-electron chi connectivity index (χ2n) is 7.91. The van der Waals surface area contributed by atoms with Gasteiger partial charge in [0.2, 0.25) is 5.91 Å². The summed E-state index contributed by atoms with van der Waals surface area (Å²) in [4.78, 5) is 12.6. The molecule has 6 heteroatoms. The highest BCUT2D eigenvalue weighted by atomic mass is 32.2. The van der Waals surface area contributed by atoms with Crippen molar-refractivity contribution in [3.05, 3.63) is 101 Å². The van der Waals surface area contributed by atoms with Gasteiger partial charge in [-0.1, -0.05) is 72.8 Å². The molecular formula is C25H21NO3S2. The van der Waals surface area contributed by atoms with Gasteiger partial charge in [-0.3, -0.25) is 4.79 Å². The second kappa shape index (κ2) is 7.94. The Morgan fingerprint density at radius 1 is 0.935 bits per heavy atom. The van der Waals surface area contributed by atoms with Crippen molar-refractivity contribution >= 4 is 38.0 Å². The van der Waals surface area contributed by atoms with Crippen molar-refractivity contribution in [2.45, 2.75) is 23.0 Å². The van der Waals surface area contributed by atoms with E-state index in [9.17, 15) is 13.2 Å². The molecule has 1 aliphatic rings. The highest BCUT2D eigenvalue weighted by Crippen LogP contribution is 2.49. The smallest absolute Gasteiger partial charge is 0.273 e. The van der Waals surface area contributed by atoms with E-state index in [-0.39, 0.29) is 16.0 Å². The first-order valence-corrected chi connectivity index (χ1v) is 12.5. The lowest BCUT2D eigenvalue weighted by molar-refractivity contribution is -0.120. The van der Waals surface area contributed by atoms with E-state index in [1.165, 1.54) is 28.0 Å². The van der Waals surface area contributed by atoms with Gasteiger partial charge in [0.05, 0.1) is 0 Å². The molecule has 3 aromatic carbocycles. The molecule has 2 atom stereocenters. The molecule has 0 saturated heterocycles. The van der Waals surface area contributed by atoms with Gasteiger partial charge in [-0.25, -0.2) is 13.1 Å². The monoisotopic (exact) mass is 447 g/mol. The van der Waals surface area contributed by atoms with Crippen LogP contribution in [0.1, 0.15) is 29.0 Å². The lowest BCUT2D eigenvalue weighted by Gasteiger charge is -2.11. The minimum absolute atomic E-state index is 0.0511. The molecule has 0 spiro atoms. The third-order valence-electron chi connectivity index (χ3n) is 5.79. The highest BCUT2D eigenvalue weighted by Gasteiger charge is 2.46. The van der Waals surface area contributed by atoms with Crippen LogP contribution in [-0.4, -0.2) is 14.3 Å². The molecule has 0 aliphatic heterocycles. The number of hydrogen-bond donors (Lipinski definition) is 1. The molecule has 1 saturated carbocycles. The lowest BCUT2D eigenvalue weighted by Crippen LogP contribution is -2.31. The predicted octanol–water partition coefficient (Wildman–Crippen LogP) is 5.10. The molecule has 156 valence electrons. The number of sulfonamides is 1. The molecule has 4 aromatic rings. The maximum atomic E-state index is 12.6. The first kappa shape index (κ1) is 20.0. The summed E-state index contributed by atoms with van der Waals surface area (Å²) >= 11 is 1.10. The Hall–Kier alpha value is -2.96. The first-order chi connectivity index (χ1) is 15.0. The fraction of sp³-hybridized carbons (Fsp3) is 0.160. The Morgan fingerprint density at radius 3 is 2.52 bits per heavy atom. The van der Waals surface area contributed by atoms with Gasteiger partial charge in [-0.2, -0.15) is 0 Å². The fourth-order valence-electron chi connectivity index (χ4n) is 4.13. The van der Waals surface area contributed by atoms with Gasteiger partial charge >= 0.3 is 0 Å². The van der Waals surface area contributed by atoms with Gasteiger partial charge in [-0.15, -0.1) is 11.3 Å². The lowest BCUT2D eigenvalue weighted by atomic mass is 9.95. The zero-order valence-corrected chi connectivity index (χ0v) is 18.3. The van der Waals surface area contributed by atoms with Gasteiger partial charge in [0.15, 0.2) is 0 Å². The minimum Gasteiger partial charge on any atom is -0.274 e. The molecule has 1 fully saturated rings. The normalized spacial score (nSPS) is 18.1. The van der Waals surface area contributed by atoms with E-state index in [1.54, 1.807) is 11.4 Å². The van der Waals surface area contributed by atoms with Crippen LogP contribution in [0, 0.1) is 5.92 Å². The summed E-state index contributed by atoms with van der Waals surface area (Å²) < 4.78 is 27.2. The topological polar surface area (TPSA) is 63.2 Å². The molecule has 4 nitrogen and oxygen atoms in total. The molecule has 2 unspecified atom stereocenters. The molecule has 5 rings (SSSR count). The summed E-state index contributed by atoms with van der Waals surface area (Å²) in [6.45, 7) is 0. The van der Waals surface area contributed by atoms with Crippen LogP contribution in [-0.2, 0) is 21.2 Å². The molecule has 1 heterocycles. The van der Waals surface area contributed by atoms with E-state index >= 15 is 0 Å².